The summed E-state index contributed by atoms with van der Waals surface area (Å²) in [6.07, 6.45) is 5.13. The van der Waals surface area contributed by atoms with E-state index in [4.69, 9.17) is 10.8 Å². The fourth-order valence-corrected chi connectivity index (χ4v) is 3.21. The standard InChI is InChI=1S/C12H19N.C11H9N3O3S/c1-2-3-7-10-13-11-12-8-5-4-6-9-12;12-7-3-1-6(2-4-7)9(15)14-11-13-5-8(18-11)10(16)17/h4-6,8-9,13H,2-3,7,10-11H2,1H3;1-5H,12H2,(H,16,17)(H,13,14,15). The smallest absolute Gasteiger partial charge is 0.347 e. The van der Waals surface area contributed by atoms with Gasteiger partial charge in [-0.1, -0.05) is 61.4 Å². The first-order valence-corrected chi connectivity index (χ1v) is 10.9. The summed E-state index contributed by atoms with van der Waals surface area (Å²) >= 11 is 0.900. The summed E-state index contributed by atoms with van der Waals surface area (Å²) in [5, 5.41) is 14.9. The van der Waals surface area contributed by atoms with Gasteiger partial charge in [0.15, 0.2) is 5.13 Å². The van der Waals surface area contributed by atoms with Crippen LogP contribution in [0.15, 0.2) is 60.8 Å². The first-order chi connectivity index (χ1) is 15.0. The monoisotopic (exact) mass is 440 g/mol. The zero-order valence-electron chi connectivity index (χ0n) is 17.5. The number of nitrogens with two attached hydrogens (primary N) is 1. The maximum atomic E-state index is 11.8. The number of thiazole rings is 1. The molecule has 31 heavy (non-hydrogen) atoms. The van der Waals surface area contributed by atoms with Gasteiger partial charge in [-0.3, -0.25) is 10.1 Å². The van der Waals surface area contributed by atoms with Gasteiger partial charge >= 0.3 is 5.97 Å². The van der Waals surface area contributed by atoms with E-state index in [9.17, 15) is 9.59 Å². The largest absolute Gasteiger partial charge is 0.477 e. The van der Waals surface area contributed by atoms with Gasteiger partial charge in [-0.25, -0.2) is 9.78 Å². The van der Waals surface area contributed by atoms with E-state index in [1.165, 1.54) is 31.0 Å². The van der Waals surface area contributed by atoms with Crippen LogP contribution in [0.3, 0.4) is 0 Å². The van der Waals surface area contributed by atoms with Crippen molar-refractivity contribution in [1.29, 1.82) is 0 Å². The van der Waals surface area contributed by atoms with Crippen molar-refractivity contribution in [1.82, 2.24) is 10.3 Å². The molecular weight excluding hydrogens is 412 g/mol. The molecule has 7 nitrogen and oxygen atoms in total. The Morgan fingerprint density at radius 3 is 2.39 bits per heavy atom. The summed E-state index contributed by atoms with van der Waals surface area (Å²) in [6.45, 7) is 4.38. The molecule has 0 bridgehead atoms. The molecule has 164 valence electrons. The third-order valence-corrected chi connectivity index (χ3v) is 5.14. The van der Waals surface area contributed by atoms with Crippen molar-refractivity contribution in [3.63, 3.8) is 0 Å². The molecule has 5 N–H and O–H groups in total. The predicted molar refractivity (Wildman–Crippen MR) is 126 cm³/mol. The number of nitrogens with one attached hydrogen (secondary N) is 2. The van der Waals surface area contributed by atoms with Crippen LogP contribution in [0, 0.1) is 0 Å². The zero-order chi connectivity index (χ0) is 22.5. The summed E-state index contributed by atoms with van der Waals surface area (Å²) in [6, 6.07) is 16.9. The molecule has 0 radical (unpaired) electrons. The van der Waals surface area contributed by atoms with Gasteiger partial charge < -0.3 is 16.2 Å². The van der Waals surface area contributed by atoms with Gasteiger partial charge in [-0.05, 0) is 42.8 Å². The Kier molecular flexibility index (Phi) is 10.2. The van der Waals surface area contributed by atoms with E-state index in [1.807, 2.05) is 0 Å². The summed E-state index contributed by atoms with van der Waals surface area (Å²) in [7, 11) is 0. The molecule has 1 aromatic heterocycles. The average molecular weight is 441 g/mol. The number of benzene rings is 2. The molecule has 0 spiro atoms. The van der Waals surface area contributed by atoms with Gasteiger partial charge in [0.05, 0.1) is 6.20 Å². The third kappa shape index (κ3) is 8.98. The zero-order valence-corrected chi connectivity index (χ0v) is 18.3. The number of anilines is 2. The van der Waals surface area contributed by atoms with E-state index in [0.29, 0.717) is 11.3 Å². The van der Waals surface area contributed by atoms with Crippen molar-refractivity contribution in [3.05, 3.63) is 76.8 Å². The van der Waals surface area contributed by atoms with Crippen molar-refractivity contribution >= 4 is 34.0 Å². The lowest BCUT2D eigenvalue weighted by Crippen LogP contribution is -2.14. The Morgan fingerprint density at radius 2 is 1.77 bits per heavy atom. The van der Waals surface area contributed by atoms with Gasteiger partial charge in [0.25, 0.3) is 5.91 Å². The van der Waals surface area contributed by atoms with Crippen LogP contribution in [0.2, 0.25) is 0 Å². The molecule has 2 aromatic carbocycles. The highest BCUT2D eigenvalue weighted by Crippen LogP contribution is 2.19. The van der Waals surface area contributed by atoms with Crippen molar-refractivity contribution < 1.29 is 14.7 Å². The fraction of sp³-hybridized carbons (Fsp3) is 0.261. The van der Waals surface area contributed by atoms with Crippen LogP contribution < -0.4 is 16.4 Å². The maximum absolute atomic E-state index is 11.8. The molecular formula is C23H28N4O3S. The normalized spacial score (nSPS) is 10.1. The third-order valence-electron chi connectivity index (χ3n) is 4.24. The number of rotatable bonds is 9. The lowest BCUT2D eigenvalue weighted by atomic mass is 10.2. The lowest BCUT2D eigenvalue weighted by molar-refractivity contribution is 0.0701. The first kappa shape index (κ1) is 24.0. The van der Waals surface area contributed by atoms with Crippen LogP contribution in [0.5, 0.6) is 0 Å². The van der Waals surface area contributed by atoms with Gasteiger partial charge in [0.2, 0.25) is 0 Å². The number of hydrogen-bond acceptors (Lipinski definition) is 6. The van der Waals surface area contributed by atoms with Gasteiger partial charge in [0.1, 0.15) is 4.88 Å². The Morgan fingerprint density at radius 1 is 1.06 bits per heavy atom. The number of carbonyl (C=O) groups is 2. The Balaban J connectivity index is 0.000000233. The topological polar surface area (TPSA) is 117 Å². The summed E-state index contributed by atoms with van der Waals surface area (Å²) in [4.78, 5) is 26.3. The number of carbonyl (C=O) groups excluding carboxylic acids is 1. The number of aromatic carboxylic acids is 1. The van der Waals surface area contributed by atoms with Crippen molar-refractivity contribution in [2.45, 2.75) is 32.7 Å². The average Bonchev–Trinajstić information content (AvgIpc) is 3.24. The number of carboxylic acid groups (broad SMARTS) is 1. The van der Waals surface area contributed by atoms with Crippen LogP contribution in [0.25, 0.3) is 0 Å². The Labute approximate surface area is 186 Å². The molecule has 0 unspecified atom stereocenters. The molecule has 1 heterocycles. The van der Waals surface area contributed by atoms with Crippen molar-refractivity contribution in [2.75, 3.05) is 17.6 Å². The molecule has 0 aliphatic carbocycles. The quantitative estimate of drug-likeness (QED) is 0.284. The van der Waals surface area contributed by atoms with Gasteiger partial charge in [-0.15, -0.1) is 0 Å². The molecule has 3 aromatic rings. The number of hydrogen-bond donors (Lipinski definition) is 4. The summed E-state index contributed by atoms with van der Waals surface area (Å²) < 4.78 is 0. The number of amides is 1. The first-order valence-electron chi connectivity index (χ1n) is 10.1. The van der Waals surface area contributed by atoms with Gasteiger partial charge in [-0.2, -0.15) is 0 Å². The predicted octanol–water partition coefficient (Wildman–Crippen LogP) is 4.64. The molecule has 0 aliphatic heterocycles. The highest BCUT2D eigenvalue weighted by atomic mass is 32.1. The highest BCUT2D eigenvalue weighted by molar-refractivity contribution is 7.17. The minimum Gasteiger partial charge on any atom is -0.477 e. The van der Waals surface area contributed by atoms with Crippen molar-refractivity contribution in [2.24, 2.45) is 0 Å². The van der Waals surface area contributed by atoms with E-state index >= 15 is 0 Å². The number of nitrogen functional groups attached to an aromatic ring is 1. The SMILES string of the molecule is CCCCCNCc1ccccc1.Nc1ccc(C(=O)Nc2ncc(C(=O)O)s2)cc1. The number of aromatic nitrogens is 1. The second kappa shape index (κ2) is 13.1. The van der Waals surface area contributed by atoms with Crippen molar-refractivity contribution in [3.8, 4) is 0 Å². The Hall–Kier alpha value is -3.23. The second-order valence-corrected chi connectivity index (χ2v) is 7.81. The highest BCUT2D eigenvalue weighted by Gasteiger charge is 2.11. The molecule has 0 fully saturated rings. The van der Waals surface area contributed by atoms with Crippen LogP contribution in [-0.4, -0.2) is 28.5 Å². The van der Waals surface area contributed by atoms with E-state index in [2.05, 4.69) is 52.9 Å². The maximum Gasteiger partial charge on any atom is 0.347 e. The van der Waals surface area contributed by atoms with Crippen LogP contribution in [0.1, 0.15) is 51.8 Å². The summed E-state index contributed by atoms with van der Waals surface area (Å²) in [5.41, 5.74) is 7.87. The molecule has 0 saturated carbocycles. The minimum absolute atomic E-state index is 0.0719. The minimum atomic E-state index is -1.07. The molecule has 0 aliphatic rings. The van der Waals surface area contributed by atoms with Crippen LogP contribution in [0.4, 0.5) is 10.8 Å². The molecule has 1 amide bonds. The number of carboxylic acids is 1. The molecule has 0 saturated heterocycles. The molecule has 0 atom stereocenters. The van der Waals surface area contributed by atoms with Crippen LogP contribution in [-0.2, 0) is 6.54 Å². The Bertz CT molecular complexity index is 943. The van der Waals surface area contributed by atoms with Crippen LogP contribution >= 0.6 is 11.3 Å². The van der Waals surface area contributed by atoms with Gasteiger partial charge in [0, 0.05) is 17.8 Å². The number of nitrogens with zero attached hydrogens (tertiary/aromatic N) is 1. The molecule has 8 heteroatoms. The molecule has 3 rings (SSSR count). The lowest BCUT2D eigenvalue weighted by Gasteiger charge is -2.03. The van der Waals surface area contributed by atoms with E-state index in [1.54, 1.807) is 24.3 Å². The fourth-order valence-electron chi connectivity index (χ4n) is 2.56. The summed E-state index contributed by atoms with van der Waals surface area (Å²) in [5.74, 6) is -1.43. The van der Waals surface area contributed by atoms with E-state index in [-0.39, 0.29) is 15.9 Å². The number of unbranched alkanes of at least 4 members (excludes halogenated alkanes) is 2. The van der Waals surface area contributed by atoms with E-state index < -0.39 is 5.97 Å². The van der Waals surface area contributed by atoms with E-state index in [0.717, 1.165) is 24.4 Å². The second-order valence-electron chi connectivity index (χ2n) is 6.78.